The van der Waals surface area contributed by atoms with Crippen LogP contribution in [-0.2, 0) is 19.2 Å². The van der Waals surface area contributed by atoms with Crippen LogP contribution in [-0.4, -0.2) is 77.6 Å². The van der Waals surface area contributed by atoms with Crippen LogP contribution >= 0.6 is 0 Å². The lowest BCUT2D eigenvalue weighted by atomic mass is 9.90. The molecule has 2 rings (SSSR count). The molecule has 2 aliphatic rings. The van der Waals surface area contributed by atoms with Crippen molar-refractivity contribution in [3.63, 3.8) is 0 Å². The van der Waals surface area contributed by atoms with Gasteiger partial charge in [0.05, 0.1) is 11.8 Å². The molecule has 4 amide bonds. The number of rotatable bonds is 15. The highest BCUT2D eigenvalue weighted by molar-refractivity contribution is 6.04. The smallest absolute Gasteiger partial charge is 0.233 e. The van der Waals surface area contributed by atoms with Gasteiger partial charge in [0.2, 0.25) is 23.6 Å². The summed E-state index contributed by atoms with van der Waals surface area (Å²) in [4.78, 5) is 56.1. The molecule has 2 heterocycles. The number of carbonyl (C=O) groups excluding carboxylic acids is 4. The van der Waals surface area contributed by atoms with Gasteiger partial charge in [-0.25, -0.2) is 0 Å². The molecule has 2 saturated heterocycles. The highest BCUT2D eigenvalue weighted by Crippen LogP contribution is 2.29. The van der Waals surface area contributed by atoms with Crippen LogP contribution in [0.25, 0.3) is 0 Å². The van der Waals surface area contributed by atoms with Crippen LogP contribution in [0.1, 0.15) is 100 Å². The van der Waals surface area contributed by atoms with Gasteiger partial charge in [-0.2, -0.15) is 0 Å². The zero-order valence-electron chi connectivity index (χ0n) is 27.1. The van der Waals surface area contributed by atoms with Gasteiger partial charge in [0.1, 0.15) is 0 Å². The monoisotopic (exact) mass is 572 g/mol. The molecular weight excluding hydrogens is 516 g/mol. The highest BCUT2D eigenvalue weighted by Gasteiger charge is 2.39. The summed E-state index contributed by atoms with van der Waals surface area (Å²) < 4.78 is 0. The average molecular weight is 573 g/mol. The van der Waals surface area contributed by atoms with E-state index in [0.717, 1.165) is 37.0 Å². The van der Waals surface area contributed by atoms with E-state index in [1.54, 1.807) is 0 Å². The molecule has 8 heteroatoms. The van der Waals surface area contributed by atoms with Crippen molar-refractivity contribution in [2.75, 3.05) is 39.3 Å². The number of imide groups is 2. The van der Waals surface area contributed by atoms with Gasteiger partial charge < -0.3 is 10.6 Å². The van der Waals surface area contributed by atoms with Crippen molar-refractivity contribution in [2.24, 2.45) is 28.4 Å². The molecular formula is C33H56N4O4. The first kappa shape index (κ1) is 34.9. The highest BCUT2D eigenvalue weighted by atomic mass is 16.2. The zero-order valence-corrected chi connectivity index (χ0v) is 27.1. The summed E-state index contributed by atoms with van der Waals surface area (Å²) in [6, 6.07) is 0. The van der Waals surface area contributed by atoms with Gasteiger partial charge >= 0.3 is 0 Å². The maximum atomic E-state index is 13.0. The van der Waals surface area contributed by atoms with E-state index in [-0.39, 0.29) is 52.7 Å². The molecule has 2 atom stereocenters. The van der Waals surface area contributed by atoms with Crippen LogP contribution in [0, 0.1) is 22.7 Å². The lowest BCUT2D eigenvalue weighted by molar-refractivity contribution is -0.141. The predicted octanol–water partition coefficient (Wildman–Crippen LogP) is 4.93. The number of unbranched alkanes of at least 4 members (excludes halogenated alkanes) is 2. The summed E-state index contributed by atoms with van der Waals surface area (Å²) >= 11 is 0. The van der Waals surface area contributed by atoms with Crippen molar-refractivity contribution in [3.05, 3.63) is 23.3 Å². The lowest BCUT2D eigenvalue weighted by Crippen LogP contribution is -2.40. The molecule has 2 N–H and O–H groups in total. The molecule has 0 aromatic rings. The number of carbonyl (C=O) groups is 4. The number of hydrogen-bond donors (Lipinski definition) is 1. The Hall–Kier alpha value is -2.32. The molecule has 0 bridgehead atoms. The normalized spacial score (nSPS) is 21.3. The largest absolute Gasteiger partial charge is 0.329 e. The van der Waals surface area contributed by atoms with E-state index >= 15 is 0 Å². The van der Waals surface area contributed by atoms with Crippen LogP contribution in [0.15, 0.2) is 23.3 Å². The summed E-state index contributed by atoms with van der Waals surface area (Å²) in [5.41, 5.74) is 8.24. The summed E-state index contributed by atoms with van der Waals surface area (Å²) in [5, 5.41) is 0. The number of amides is 4. The lowest BCUT2D eigenvalue weighted by Gasteiger charge is -2.24. The molecule has 0 aromatic carbocycles. The van der Waals surface area contributed by atoms with Crippen molar-refractivity contribution in [1.29, 1.82) is 0 Å². The average Bonchev–Trinajstić information content (AvgIpc) is 3.22. The van der Waals surface area contributed by atoms with E-state index in [1.807, 2.05) is 13.8 Å². The van der Waals surface area contributed by atoms with Gasteiger partial charge in [-0.1, -0.05) is 71.3 Å². The van der Waals surface area contributed by atoms with Crippen molar-refractivity contribution in [1.82, 2.24) is 14.7 Å². The molecule has 0 aromatic heterocycles. The standard InChI is InChI=1S/C33H56N4O4/c1-24(22-32(3,4)5)18-26-20-28(38)36(30(26)40)14-11-9-10-13-35(15-12-34)16-17-37-29(39)21-27(31(37)41)19-25(2)23-33(6,7)8/h22-23,26-27H,9-21,34H2,1-8H3/b24-22+,25-23+. The summed E-state index contributed by atoms with van der Waals surface area (Å²) in [6.07, 6.45) is 8.76. The van der Waals surface area contributed by atoms with E-state index < -0.39 is 0 Å². The van der Waals surface area contributed by atoms with Crippen molar-refractivity contribution in [3.8, 4) is 0 Å². The fourth-order valence-corrected chi connectivity index (χ4v) is 6.21. The first-order chi connectivity index (χ1) is 19.0. The third-order valence-electron chi connectivity index (χ3n) is 7.61. The minimum atomic E-state index is -0.266. The molecule has 0 spiro atoms. The Morgan fingerprint density at radius 1 is 0.732 bits per heavy atom. The van der Waals surface area contributed by atoms with Crippen LogP contribution in [0.5, 0.6) is 0 Å². The molecule has 0 aliphatic carbocycles. The SMILES string of the molecule is C/C(=C\C(C)(C)C)CC1CC(=O)N(CCCCCN(CCN)CCN2C(=O)CC(C/C(C)=C/C(C)(C)C)C2=O)C1=O. The zero-order chi connectivity index (χ0) is 31.0. The summed E-state index contributed by atoms with van der Waals surface area (Å²) in [5.74, 6) is -0.752. The molecule has 41 heavy (non-hydrogen) atoms. The second-order valence-electron chi connectivity index (χ2n) is 14.4. The maximum Gasteiger partial charge on any atom is 0.233 e. The van der Waals surface area contributed by atoms with Crippen LogP contribution < -0.4 is 5.73 Å². The first-order valence-corrected chi connectivity index (χ1v) is 15.5. The topological polar surface area (TPSA) is 104 Å². The Morgan fingerprint density at radius 2 is 1.20 bits per heavy atom. The third kappa shape index (κ3) is 11.8. The molecule has 232 valence electrons. The number of hydrogen-bond acceptors (Lipinski definition) is 6. The summed E-state index contributed by atoms with van der Waals surface area (Å²) in [7, 11) is 0. The third-order valence-corrected chi connectivity index (χ3v) is 7.61. The number of allylic oxidation sites excluding steroid dienone is 4. The molecule has 0 radical (unpaired) electrons. The van der Waals surface area contributed by atoms with Gasteiger partial charge in [-0.15, -0.1) is 0 Å². The predicted molar refractivity (Wildman–Crippen MR) is 165 cm³/mol. The Labute approximate surface area is 248 Å². The van der Waals surface area contributed by atoms with Crippen LogP contribution in [0.3, 0.4) is 0 Å². The van der Waals surface area contributed by atoms with Gasteiger partial charge in [0.15, 0.2) is 0 Å². The maximum absolute atomic E-state index is 13.0. The second-order valence-corrected chi connectivity index (χ2v) is 14.4. The Balaban J connectivity index is 1.77. The van der Waals surface area contributed by atoms with E-state index in [2.05, 4.69) is 58.6 Å². The Kier molecular flexibility index (Phi) is 13.0. The van der Waals surface area contributed by atoms with Crippen LogP contribution in [0.2, 0.25) is 0 Å². The minimum absolute atomic E-state index is 0.0382. The second kappa shape index (κ2) is 15.2. The summed E-state index contributed by atoms with van der Waals surface area (Å²) in [6.45, 7) is 20.3. The fraction of sp³-hybridized carbons (Fsp3) is 0.758. The number of nitrogens with two attached hydrogens (primary N) is 1. The van der Waals surface area contributed by atoms with Crippen molar-refractivity contribution in [2.45, 2.75) is 100 Å². The van der Waals surface area contributed by atoms with Crippen molar-refractivity contribution < 1.29 is 19.2 Å². The van der Waals surface area contributed by atoms with Crippen LogP contribution in [0.4, 0.5) is 0 Å². The molecule has 2 aliphatic heterocycles. The van der Waals surface area contributed by atoms with Gasteiger partial charge in [-0.3, -0.25) is 29.0 Å². The van der Waals surface area contributed by atoms with Gasteiger partial charge in [0, 0.05) is 45.6 Å². The van der Waals surface area contributed by atoms with E-state index in [9.17, 15) is 19.2 Å². The molecule has 8 nitrogen and oxygen atoms in total. The quantitative estimate of drug-likeness (QED) is 0.170. The number of likely N-dealkylation sites (tertiary alicyclic amines) is 2. The van der Waals surface area contributed by atoms with E-state index in [4.69, 9.17) is 5.73 Å². The van der Waals surface area contributed by atoms with Gasteiger partial charge in [-0.05, 0) is 56.9 Å². The Morgan fingerprint density at radius 3 is 1.63 bits per heavy atom. The minimum Gasteiger partial charge on any atom is -0.329 e. The number of nitrogens with zero attached hydrogens (tertiary/aromatic N) is 3. The molecule has 0 saturated carbocycles. The Bertz CT molecular complexity index is 1000. The van der Waals surface area contributed by atoms with Gasteiger partial charge in [0.25, 0.3) is 0 Å². The molecule has 2 fully saturated rings. The first-order valence-electron chi connectivity index (χ1n) is 15.5. The van der Waals surface area contributed by atoms with E-state index in [1.165, 1.54) is 9.80 Å². The molecule has 2 unspecified atom stereocenters. The fourth-order valence-electron chi connectivity index (χ4n) is 6.21. The van der Waals surface area contributed by atoms with E-state index in [0.29, 0.717) is 52.0 Å². The van der Waals surface area contributed by atoms with Crippen molar-refractivity contribution >= 4 is 23.6 Å².